The highest BCUT2D eigenvalue weighted by atomic mass is 14.6. The quantitative estimate of drug-likeness (QED) is 0.133. The van der Waals surface area contributed by atoms with Gasteiger partial charge in [0.05, 0.1) is 0 Å². The van der Waals surface area contributed by atoms with Crippen molar-refractivity contribution in [3.8, 4) is 22.3 Å². The van der Waals surface area contributed by atoms with Crippen molar-refractivity contribution >= 4 is 54.2 Å². The summed E-state index contributed by atoms with van der Waals surface area (Å²) < 4.78 is 0. The Labute approximate surface area is 315 Å². The van der Waals surface area contributed by atoms with E-state index in [9.17, 15) is 0 Å². The molecule has 0 amide bonds. The summed E-state index contributed by atoms with van der Waals surface area (Å²) in [6.45, 7) is 0. The summed E-state index contributed by atoms with van der Waals surface area (Å²) in [5, 5.41) is 10.1. The number of pyridine rings is 1. The fourth-order valence-electron chi connectivity index (χ4n) is 9.46. The van der Waals surface area contributed by atoms with E-state index in [2.05, 4.69) is 182 Å². The second kappa shape index (κ2) is 12.5. The Kier molecular flexibility index (Phi) is 7.20. The van der Waals surface area contributed by atoms with Crippen LogP contribution in [0.3, 0.4) is 0 Å². The van der Waals surface area contributed by atoms with E-state index in [0.717, 1.165) is 12.8 Å². The molecule has 1 heteroatoms. The zero-order valence-electron chi connectivity index (χ0n) is 29.9. The van der Waals surface area contributed by atoms with Gasteiger partial charge in [-0.25, -0.2) is 0 Å². The lowest BCUT2D eigenvalue weighted by Gasteiger charge is -2.33. The van der Waals surface area contributed by atoms with E-state index < -0.39 is 0 Å². The van der Waals surface area contributed by atoms with Crippen LogP contribution < -0.4 is 0 Å². The molecular weight excluding hydrogens is 651 g/mol. The van der Waals surface area contributed by atoms with E-state index in [0.29, 0.717) is 11.8 Å². The van der Waals surface area contributed by atoms with Crippen LogP contribution in [-0.2, 0) is 0 Å². The molecular formula is C53H37N. The predicted octanol–water partition coefficient (Wildman–Crippen LogP) is 14.0. The Morgan fingerprint density at radius 2 is 1.15 bits per heavy atom. The number of hydrogen-bond donors (Lipinski definition) is 0. The summed E-state index contributed by atoms with van der Waals surface area (Å²) in [4.78, 5) is 4.71. The maximum Gasteiger partial charge on any atom is 0.0353 e. The van der Waals surface area contributed by atoms with Gasteiger partial charge in [-0.3, -0.25) is 4.98 Å². The predicted molar refractivity (Wildman–Crippen MR) is 229 cm³/mol. The lowest BCUT2D eigenvalue weighted by molar-refractivity contribution is 0.594. The molecule has 1 heterocycles. The number of aromatic nitrogens is 1. The van der Waals surface area contributed by atoms with Gasteiger partial charge >= 0.3 is 0 Å². The van der Waals surface area contributed by atoms with Gasteiger partial charge in [-0.1, -0.05) is 163 Å². The van der Waals surface area contributed by atoms with Crippen molar-refractivity contribution in [1.29, 1.82) is 0 Å². The highest BCUT2D eigenvalue weighted by Crippen LogP contribution is 2.48. The zero-order valence-corrected chi connectivity index (χ0v) is 29.9. The molecule has 0 spiro atoms. The minimum absolute atomic E-state index is 0.401. The van der Waals surface area contributed by atoms with Gasteiger partial charge in [0.2, 0.25) is 0 Å². The standard InChI is InChI=1S/C53H37N/c1-3-9-34(10-4-1)36-19-23-44-38(29-36)15-17-40-31-42(21-25-46(40)44)52-48-13-7-8-14-49(48)53(51-33-54-28-27-50(51)52)43-22-26-47-41(32-43)18-16-39-30-37(20-24-45(39)47)35-11-5-2-6-12-35/h1-20,22-24,26-33,38,44H,21,25H2. The van der Waals surface area contributed by atoms with Crippen LogP contribution in [0.15, 0.2) is 200 Å². The number of hydrogen-bond acceptors (Lipinski definition) is 1. The zero-order chi connectivity index (χ0) is 35.6. The molecule has 7 aromatic carbocycles. The van der Waals surface area contributed by atoms with E-state index in [1.165, 1.54) is 93.2 Å². The van der Waals surface area contributed by atoms with E-state index >= 15 is 0 Å². The maximum absolute atomic E-state index is 4.71. The minimum Gasteiger partial charge on any atom is -0.264 e. The summed E-state index contributed by atoms with van der Waals surface area (Å²) >= 11 is 0. The third kappa shape index (κ3) is 5.04. The average molecular weight is 688 g/mol. The summed E-state index contributed by atoms with van der Waals surface area (Å²) in [5.74, 6) is 0.823. The van der Waals surface area contributed by atoms with Crippen LogP contribution in [0.5, 0.6) is 0 Å². The lowest BCUT2D eigenvalue weighted by Crippen LogP contribution is -2.20. The van der Waals surface area contributed by atoms with Crippen molar-refractivity contribution in [2.45, 2.75) is 12.8 Å². The summed E-state index contributed by atoms with van der Waals surface area (Å²) in [6, 6.07) is 51.1. The Balaban J connectivity index is 1.01. The van der Waals surface area contributed by atoms with Crippen molar-refractivity contribution < 1.29 is 0 Å². The Morgan fingerprint density at radius 1 is 0.481 bits per heavy atom. The number of fused-ring (bicyclic) bond motifs is 7. The van der Waals surface area contributed by atoms with E-state index in [1.807, 2.05) is 6.20 Å². The van der Waals surface area contributed by atoms with Crippen molar-refractivity contribution in [2.75, 3.05) is 0 Å². The largest absolute Gasteiger partial charge is 0.264 e. The van der Waals surface area contributed by atoms with Crippen LogP contribution in [0.25, 0.3) is 76.5 Å². The molecule has 0 saturated carbocycles. The fraction of sp³-hybridized carbons (Fsp3) is 0.0755. The average Bonchev–Trinajstić information content (AvgIpc) is 3.25. The van der Waals surface area contributed by atoms with Gasteiger partial charge in [-0.15, -0.1) is 0 Å². The van der Waals surface area contributed by atoms with Gasteiger partial charge in [0.15, 0.2) is 0 Å². The summed E-state index contributed by atoms with van der Waals surface area (Å²) in [7, 11) is 0. The Hall–Kier alpha value is -6.57. The lowest BCUT2D eigenvalue weighted by atomic mass is 9.71. The molecule has 8 aromatic rings. The SMILES string of the molecule is C1=CC2C3=C(C=CC2C=C1c1ccccc1)C=C(c1c2ccccc2c(-c2ccc4c(ccc5cc(-c6ccccc6)ccc54)c2)c2cnccc12)CC3. The van der Waals surface area contributed by atoms with Crippen LogP contribution in [0.1, 0.15) is 24.0 Å². The van der Waals surface area contributed by atoms with Gasteiger partial charge in [0.25, 0.3) is 0 Å². The van der Waals surface area contributed by atoms with E-state index in [1.54, 1.807) is 5.57 Å². The molecule has 254 valence electrons. The highest BCUT2D eigenvalue weighted by molar-refractivity contribution is 6.20. The van der Waals surface area contributed by atoms with Crippen molar-refractivity contribution in [1.82, 2.24) is 4.98 Å². The van der Waals surface area contributed by atoms with E-state index in [-0.39, 0.29) is 0 Å². The molecule has 0 radical (unpaired) electrons. The normalized spacial score (nSPS) is 17.9. The molecule has 0 saturated heterocycles. The van der Waals surface area contributed by atoms with Crippen LogP contribution in [0.4, 0.5) is 0 Å². The first kappa shape index (κ1) is 31.0. The van der Waals surface area contributed by atoms with Crippen LogP contribution in [-0.4, -0.2) is 4.98 Å². The molecule has 2 unspecified atom stereocenters. The maximum atomic E-state index is 4.71. The first-order valence-electron chi connectivity index (χ1n) is 19.2. The molecule has 3 aliphatic rings. The third-order valence-electron chi connectivity index (χ3n) is 12.0. The Bertz CT molecular complexity index is 2920. The van der Waals surface area contributed by atoms with Crippen LogP contribution >= 0.6 is 0 Å². The molecule has 1 aromatic heterocycles. The third-order valence-corrected chi connectivity index (χ3v) is 12.0. The molecule has 11 rings (SSSR count). The smallest absolute Gasteiger partial charge is 0.0353 e. The van der Waals surface area contributed by atoms with Crippen LogP contribution in [0, 0.1) is 11.8 Å². The molecule has 0 N–H and O–H groups in total. The molecule has 3 aliphatic carbocycles. The fourth-order valence-corrected chi connectivity index (χ4v) is 9.46. The molecule has 1 nitrogen and oxygen atoms in total. The van der Waals surface area contributed by atoms with Gasteiger partial charge in [0.1, 0.15) is 0 Å². The molecule has 54 heavy (non-hydrogen) atoms. The minimum atomic E-state index is 0.401. The molecule has 0 bridgehead atoms. The van der Waals surface area contributed by atoms with Crippen molar-refractivity contribution in [2.24, 2.45) is 11.8 Å². The molecule has 0 aliphatic heterocycles. The number of nitrogens with zero attached hydrogens (tertiary/aromatic N) is 1. The topological polar surface area (TPSA) is 12.9 Å². The highest BCUT2D eigenvalue weighted by Gasteiger charge is 2.30. The first-order chi connectivity index (χ1) is 26.8. The molecule has 2 atom stereocenters. The van der Waals surface area contributed by atoms with Gasteiger partial charge in [-0.2, -0.15) is 0 Å². The van der Waals surface area contributed by atoms with Gasteiger partial charge < -0.3 is 0 Å². The van der Waals surface area contributed by atoms with Gasteiger partial charge in [0, 0.05) is 29.6 Å². The summed E-state index contributed by atoms with van der Waals surface area (Å²) in [6.07, 6.45) is 20.7. The van der Waals surface area contributed by atoms with E-state index in [4.69, 9.17) is 4.98 Å². The second-order valence-electron chi connectivity index (χ2n) is 15.0. The number of rotatable bonds is 4. The van der Waals surface area contributed by atoms with Crippen LogP contribution in [0.2, 0.25) is 0 Å². The first-order valence-corrected chi connectivity index (χ1v) is 19.2. The van der Waals surface area contributed by atoms with Crippen molar-refractivity contribution in [3.63, 3.8) is 0 Å². The number of benzene rings is 7. The molecule has 0 fully saturated rings. The number of allylic oxidation sites excluding steroid dienone is 10. The second-order valence-corrected chi connectivity index (χ2v) is 15.0. The van der Waals surface area contributed by atoms with Gasteiger partial charge in [-0.05, 0) is 119 Å². The Morgan fingerprint density at radius 3 is 1.93 bits per heavy atom. The summed E-state index contributed by atoms with van der Waals surface area (Å²) in [5.41, 5.74) is 13.3. The monoisotopic (exact) mass is 687 g/mol. The van der Waals surface area contributed by atoms with Crippen molar-refractivity contribution in [3.05, 3.63) is 211 Å².